The summed E-state index contributed by atoms with van der Waals surface area (Å²) in [5.74, 6) is 0. The lowest BCUT2D eigenvalue weighted by Gasteiger charge is -2.46. The molecule has 0 unspecified atom stereocenters. The zero-order chi connectivity index (χ0) is 70.5. The first-order valence-electron chi connectivity index (χ1n) is 37.0. The SMILES string of the molecule is c1ccc(-c2ccccc2-c2cccc(-c3ccccc3-c3ccccc3)c2N2c3cc(-n4c5ccccc5c5ccccc54)ccc3B3c4ccc(-n5c6ccccc6c6ccccc65)cc4N(c4c(-c5ccccc5-c5ccccc5)cccc4-c4ccccc4-c4ccccc4)c4cccc2c43)cc1. The molecule has 0 spiro atoms. The molecule has 0 radical (unpaired) electrons. The molecule has 5 heteroatoms. The second-order valence-corrected chi connectivity index (χ2v) is 28.1. The number of benzene rings is 17. The summed E-state index contributed by atoms with van der Waals surface area (Å²) in [5, 5.41) is 4.86. The molecule has 0 N–H and O–H groups in total. The standard InChI is InChI=1S/C102H67BN4/c1-5-32-68(33-6-1)74-40-13-17-44-78(74)86-52-29-53-87(79-45-18-14-41-75(79)69-34-7-2-8-35-69)101(86)106-96-60-31-61-97-100(96)103(90-64-62-72(66-98(90)106)104-92-56-25-21-48-82(92)83-49-22-26-57-93(83)104)91-65-63-73(105-94-58-27-23-50-84(94)85-51-24-28-59-95(85)105)67-99(91)107(97)102-88(80-46-19-15-42-76(80)70-36-9-3-10-37-70)54-30-55-89(102)81-47-20-16-43-77(81)71-38-11-4-12-39-71/h1-67H. The van der Waals surface area contributed by atoms with Gasteiger partial charge in [0.15, 0.2) is 0 Å². The number of aromatic nitrogens is 2. The smallest absolute Gasteiger partial charge is 0.252 e. The van der Waals surface area contributed by atoms with Crippen LogP contribution < -0.4 is 26.2 Å². The maximum Gasteiger partial charge on any atom is 0.252 e. The van der Waals surface area contributed by atoms with Gasteiger partial charge in [-0.15, -0.1) is 0 Å². The van der Waals surface area contributed by atoms with Gasteiger partial charge >= 0.3 is 0 Å². The fourth-order valence-corrected chi connectivity index (χ4v) is 17.9. The molecular weight excluding hydrogens is 1290 g/mol. The van der Waals surface area contributed by atoms with Gasteiger partial charge < -0.3 is 18.9 Å². The van der Waals surface area contributed by atoms with Crippen molar-refractivity contribution in [3.8, 4) is 100 Å². The largest absolute Gasteiger partial charge is 0.310 e. The lowest BCUT2D eigenvalue weighted by Crippen LogP contribution is -2.61. The van der Waals surface area contributed by atoms with Crippen LogP contribution >= 0.6 is 0 Å². The van der Waals surface area contributed by atoms with Crippen molar-refractivity contribution in [1.82, 2.24) is 9.13 Å². The molecule has 4 heterocycles. The monoisotopic (exact) mass is 1360 g/mol. The van der Waals surface area contributed by atoms with E-state index in [1.807, 2.05) is 0 Å². The highest BCUT2D eigenvalue weighted by atomic mass is 15.2. The van der Waals surface area contributed by atoms with Crippen LogP contribution in [0.25, 0.3) is 144 Å². The third kappa shape index (κ3) is 9.93. The van der Waals surface area contributed by atoms with Gasteiger partial charge in [-0.3, -0.25) is 0 Å². The van der Waals surface area contributed by atoms with Crippen molar-refractivity contribution in [3.63, 3.8) is 0 Å². The Morgan fingerprint density at radius 2 is 0.421 bits per heavy atom. The van der Waals surface area contributed by atoms with E-state index in [0.717, 1.165) is 157 Å². The van der Waals surface area contributed by atoms with Gasteiger partial charge in [-0.1, -0.05) is 346 Å². The Kier molecular flexibility index (Phi) is 14.7. The Morgan fingerprint density at radius 1 is 0.178 bits per heavy atom. The highest BCUT2D eigenvalue weighted by molar-refractivity contribution is 7.00. The van der Waals surface area contributed by atoms with E-state index in [4.69, 9.17) is 0 Å². The van der Waals surface area contributed by atoms with Crippen LogP contribution in [0.1, 0.15) is 0 Å². The molecule has 4 nitrogen and oxygen atoms in total. The van der Waals surface area contributed by atoms with E-state index in [0.29, 0.717) is 0 Å². The van der Waals surface area contributed by atoms with Crippen LogP contribution in [0, 0.1) is 0 Å². The van der Waals surface area contributed by atoms with Gasteiger partial charge in [0, 0.05) is 77.9 Å². The molecule has 498 valence electrons. The summed E-state index contributed by atoms with van der Waals surface area (Å²) in [6.45, 7) is -0.272. The highest BCUT2D eigenvalue weighted by Crippen LogP contribution is 2.56. The molecule has 19 aromatic rings. The minimum atomic E-state index is -0.272. The molecule has 107 heavy (non-hydrogen) atoms. The van der Waals surface area contributed by atoms with E-state index in [-0.39, 0.29) is 6.71 Å². The maximum atomic E-state index is 2.69. The summed E-state index contributed by atoms with van der Waals surface area (Å²) >= 11 is 0. The number of rotatable bonds is 12. The van der Waals surface area contributed by atoms with Crippen LogP contribution in [0.15, 0.2) is 406 Å². The molecule has 2 aliphatic heterocycles. The quantitative estimate of drug-likeness (QED) is 0.113. The van der Waals surface area contributed by atoms with E-state index in [1.54, 1.807) is 0 Å². The number of nitrogens with zero attached hydrogens (tertiary/aromatic N) is 4. The minimum absolute atomic E-state index is 0.272. The zero-order valence-corrected chi connectivity index (χ0v) is 58.5. The fraction of sp³-hybridized carbons (Fsp3) is 0. The Morgan fingerprint density at radius 3 is 0.720 bits per heavy atom. The van der Waals surface area contributed by atoms with Crippen molar-refractivity contribution in [3.05, 3.63) is 406 Å². The minimum Gasteiger partial charge on any atom is -0.310 e. The molecule has 0 amide bonds. The van der Waals surface area contributed by atoms with Crippen molar-refractivity contribution < 1.29 is 0 Å². The van der Waals surface area contributed by atoms with Crippen LogP contribution in [0.5, 0.6) is 0 Å². The Labute approximate surface area is 622 Å². The maximum absolute atomic E-state index is 2.69. The molecule has 21 rings (SSSR count). The van der Waals surface area contributed by atoms with Crippen molar-refractivity contribution in [2.45, 2.75) is 0 Å². The van der Waals surface area contributed by atoms with Gasteiger partial charge in [0.1, 0.15) is 0 Å². The van der Waals surface area contributed by atoms with Crippen LogP contribution in [-0.2, 0) is 0 Å². The fourth-order valence-electron chi connectivity index (χ4n) is 17.9. The topological polar surface area (TPSA) is 16.3 Å². The summed E-state index contributed by atoms with van der Waals surface area (Å²) in [4.78, 5) is 5.38. The van der Waals surface area contributed by atoms with Crippen molar-refractivity contribution >= 4 is 101 Å². The average Bonchev–Trinajstić information content (AvgIpc) is 0.797. The third-order valence-corrected chi connectivity index (χ3v) is 22.4. The van der Waals surface area contributed by atoms with E-state index in [1.165, 1.54) is 37.9 Å². The van der Waals surface area contributed by atoms with Crippen LogP contribution in [0.3, 0.4) is 0 Å². The Hall–Kier alpha value is -14.0. The molecule has 0 atom stereocenters. The molecule has 2 aromatic heterocycles. The lowest BCUT2D eigenvalue weighted by atomic mass is 9.33. The molecule has 0 saturated carbocycles. The van der Waals surface area contributed by atoms with Crippen LogP contribution in [-0.4, -0.2) is 15.8 Å². The van der Waals surface area contributed by atoms with Gasteiger partial charge in [-0.2, -0.15) is 0 Å². The highest BCUT2D eigenvalue weighted by Gasteiger charge is 2.46. The normalized spacial score (nSPS) is 12.2. The second-order valence-electron chi connectivity index (χ2n) is 28.1. The summed E-state index contributed by atoms with van der Waals surface area (Å²) in [5.41, 5.74) is 35.2. The molecule has 0 aliphatic carbocycles. The number of para-hydroxylation sites is 6. The van der Waals surface area contributed by atoms with E-state index in [9.17, 15) is 0 Å². The molecule has 0 fully saturated rings. The van der Waals surface area contributed by atoms with E-state index >= 15 is 0 Å². The van der Waals surface area contributed by atoms with Gasteiger partial charge in [-0.25, -0.2) is 0 Å². The first-order valence-corrected chi connectivity index (χ1v) is 37.0. The summed E-state index contributed by atoms with van der Waals surface area (Å²) < 4.78 is 4.98. The molecule has 2 aliphatic rings. The van der Waals surface area contributed by atoms with Crippen molar-refractivity contribution in [2.75, 3.05) is 9.80 Å². The lowest BCUT2D eigenvalue weighted by molar-refractivity contribution is 1.17. The number of fused-ring (bicyclic) bond motifs is 10. The van der Waals surface area contributed by atoms with E-state index < -0.39 is 0 Å². The predicted molar refractivity (Wildman–Crippen MR) is 453 cm³/mol. The molecule has 0 saturated heterocycles. The number of hydrogen-bond acceptors (Lipinski definition) is 2. The Balaban J connectivity index is 0.923. The molecule has 17 aromatic carbocycles. The average molecular weight is 1360 g/mol. The molecule has 0 bridgehead atoms. The van der Waals surface area contributed by atoms with Crippen molar-refractivity contribution in [2.24, 2.45) is 0 Å². The summed E-state index contributed by atoms with van der Waals surface area (Å²) in [6, 6.07) is 152. The second kappa shape index (κ2) is 25.5. The van der Waals surface area contributed by atoms with Crippen LogP contribution in [0.2, 0.25) is 0 Å². The zero-order valence-electron chi connectivity index (χ0n) is 58.5. The van der Waals surface area contributed by atoms with Gasteiger partial charge in [0.2, 0.25) is 0 Å². The predicted octanol–water partition coefficient (Wildman–Crippen LogP) is 25.3. The summed E-state index contributed by atoms with van der Waals surface area (Å²) in [6.07, 6.45) is 0. The van der Waals surface area contributed by atoms with Crippen LogP contribution in [0.4, 0.5) is 34.1 Å². The first kappa shape index (κ1) is 61.7. The number of hydrogen-bond donors (Lipinski definition) is 0. The third-order valence-electron chi connectivity index (χ3n) is 22.4. The Bertz CT molecular complexity index is 6000. The molecular formula is C102H67BN4. The van der Waals surface area contributed by atoms with Gasteiger partial charge in [0.25, 0.3) is 6.71 Å². The van der Waals surface area contributed by atoms with Gasteiger partial charge in [-0.05, 0) is 144 Å². The first-order chi connectivity index (χ1) is 53.2. The van der Waals surface area contributed by atoms with E-state index in [2.05, 4.69) is 425 Å². The van der Waals surface area contributed by atoms with Crippen molar-refractivity contribution in [1.29, 1.82) is 0 Å². The van der Waals surface area contributed by atoms with Gasteiger partial charge in [0.05, 0.1) is 33.4 Å². The summed E-state index contributed by atoms with van der Waals surface area (Å²) in [7, 11) is 0. The number of anilines is 6.